The number of pyridine rings is 1. The predicted molar refractivity (Wildman–Crippen MR) is 72.2 cm³/mol. The maximum Gasteiger partial charge on any atom is 0.0914 e. The van der Waals surface area contributed by atoms with E-state index < -0.39 is 6.10 Å². The van der Waals surface area contributed by atoms with E-state index in [4.69, 9.17) is 0 Å². The Kier molecular flexibility index (Phi) is 4.88. The molecule has 0 saturated heterocycles. The summed E-state index contributed by atoms with van der Waals surface area (Å²) in [6, 6.07) is 13.7. The number of aliphatic hydroxyl groups excluding tert-OH is 1. The number of aromatic nitrogens is 1. The van der Waals surface area contributed by atoms with Crippen LogP contribution in [0.2, 0.25) is 0 Å². The van der Waals surface area contributed by atoms with Gasteiger partial charge in [-0.2, -0.15) is 0 Å². The van der Waals surface area contributed by atoms with Gasteiger partial charge >= 0.3 is 0 Å². The highest BCUT2D eigenvalue weighted by Crippen LogP contribution is 2.10. The summed E-state index contributed by atoms with van der Waals surface area (Å²) in [5.41, 5.74) is 2.21. The van der Waals surface area contributed by atoms with E-state index in [1.807, 2.05) is 42.5 Å². The number of benzene rings is 1. The molecule has 1 aromatic heterocycles. The van der Waals surface area contributed by atoms with Crippen LogP contribution < -0.4 is 5.32 Å². The Morgan fingerprint density at radius 3 is 2.50 bits per heavy atom. The summed E-state index contributed by atoms with van der Waals surface area (Å²) < 4.78 is 0. The second kappa shape index (κ2) is 6.89. The predicted octanol–water partition coefficient (Wildman–Crippen LogP) is 1.95. The fourth-order valence-corrected chi connectivity index (χ4v) is 1.81. The molecule has 18 heavy (non-hydrogen) atoms. The molecule has 0 fully saturated rings. The first-order valence-corrected chi connectivity index (χ1v) is 6.19. The lowest BCUT2D eigenvalue weighted by Crippen LogP contribution is -2.23. The summed E-state index contributed by atoms with van der Waals surface area (Å²) in [5, 5.41) is 13.2. The maximum absolute atomic E-state index is 9.95. The minimum Gasteiger partial charge on any atom is -0.387 e. The Bertz CT molecular complexity index is 445. The average molecular weight is 242 g/mol. The molecule has 2 rings (SSSR count). The summed E-state index contributed by atoms with van der Waals surface area (Å²) in [6.45, 7) is 1.43. The quantitative estimate of drug-likeness (QED) is 0.761. The lowest BCUT2D eigenvalue weighted by atomic mass is 10.1. The van der Waals surface area contributed by atoms with Crippen molar-refractivity contribution in [2.75, 3.05) is 13.1 Å². The molecule has 0 bridgehead atoms. The highest BCUT2D eigenvalue weighted by atomic mass is 16.3. The fraction of sp³-hybridized carbons (Fsp3) is 0.267. The summed E-state index contributed by atoms with van der Waals surface area (Å²) in [6.07, 6.45) is 4.11. The summed E-state index contributed by atoms with van der Waals surface area (Å²) in [5.74, 6) is 0. The average Bonchev–Trinajstić information content (AvgIpc) is 2.45. The molecule has 0 aliphatic heterocycles. The van der Waals surface area contributed by atoms with Crippen molar-refractivity contribution >= 4 is 0 Å². The van der Waals surface area contributed by atoms with Gasteiger partial charge in [0, 0.05) is 18.9 Å². The first-order valence-electron chi connectivity index (χ1n) is 6.19. The molecule has 0 spiro atoms. The van der Waals surface area contributed by atoms with Crippen LogP contribution in [0.15, 0.2) is 54.9 Å². The smallest absolute Gasteiger partial charge is 0.0914 e. The van der Waals surface area contributed by atoms with Crippen molar-refractivity contribution in [3.05, 3.63) is 66.0 Å². The van der Waals surface area contributed by atoms with Gasteiger partial charge < -0.3 is 10.4 Å². The van der Waals surface area contributed by atoms with Gasteiger partial charge in [-0.25, -0.2) is 0 Å². The highest BCUT2D eigenvalue weighted by Gasteiger charge is 2.05. The van der Waals surface area contributed by atoms with E-state index in [0.29, 0.717) is 6.54 Å². The summed E-state index contributed by atoms with van der Waals surface area (Å²) >= 11 is 0. The van der Waals surface area contributed by atoms with Gasteiger partial charge in [0.05, 0.1) is 6.10 Å². The molecule has 1 heterocycles. The maximum atomic E-state index is 9.95. The molecule has 1 atom stereocenters. The number of nitrogens with zero attached hydrogens (tertiary/aromatic N) is 1. The minimum absolute atomic E-state index is 0.441. The molecule has 0 unspecified atom stereocenters. The number of nitrogens with one attached hydrogen (secondary N) is 1. The first kappa shape index (κ1) is 12.7. The van der Waals surface area contributed by atoms with Gasteiger partial charge in [-0.1, -0.05) is 30.3 Å². The van der Waals surface area contributed by atoms with E-state index >= 15 is 0 Å². The van der Waals surface area contributed by atoms with Crippen LogP contribution in [-0.2, 0) is 6.42 Å². The number of rotatable bonds is 6. The first-order chi connectivity index (χ1) is 8.86. The van der Waals surface area contributed by atoms with Crippen molar-refractivity contribution in [2.45, 2.75) is 12.5 Å². The van der Waals surface area contributed by atoms with Crippen LogP contribution >= 0.6 is 0 Å². The van der Waals surface area contributed by atoms with Crippen molar-refractivity contribution in [1.82, 2.24) is 10.3 Å². The van der Waals surface area contributed by atoms with E-state index in [0.717, 1.165) is 18.5 Å². The van der Waals surface area contributed by atoms with Gasteiger partial charge in [-0.15, -0.1) is 0 Å². The van der Waals surface area contributed by atoms with Crippen LogP contribution in [0.4, 0.5) is 0 Å². The van der Waals surface area contributed by atoms with Crippen LogP contribution in [0.3, 0.4) is 0 Å². The molecule has 1 aromatic carbocycles. The Morgan fingerprint density at radius 2 is 1.78 bits per heavy atom. The fourth-order valence-electron chi connectivity index (χ4n) is 1.81. The zero-order valence-corrected chi connectivity index (χ0v) is 10.3. The molecule has 0 amide bonds. The second-order valence-electron chi connectivity index (χ2n) is 4.24. The Morgan fingerprint density at radius 1 is 1.06 bits per heavy atom. The van der Waals surface area contributed by atoms with Crippen molar-refractivity contribution < 1.29 is 5.11 Å². The van der Waals surface area contributed by atoms with Crippen LogP contribution in [0, 0.1) is 0 Å². The van der Waals surface area contributed by atoms with Gasteiger partial charge in [0.25, 0.3) is 0 Å². The van der Waals surface area contributed by atoms with E-state index in [9.17, 15) is 5.11 Å². The molecular formula is C15H18N2O. The number of hydrogen-bond donors (Lipinski definition) is 2. The Labute approximate surface area is 108 Å². The zero-order valence-electron chi connectivity index (χ0n) is 10.3. The number of hydrogen-bond acceptors (Lipinski definition) is 3. The molecule has 0 aliphatic carbocycles. The Balaban J connectivity index is 1.70. The largest absolute Gasteiger partial charge is 0.387 e. The van der Waals surface area contributed by atoms with E-state index in [1.165, 1.54) is 5.56 Å². The molecule has 0 saturated carbocycles. The van der Waals surface area contributed by atoms with Crippen molar-refractivity contribution in [3.63, 3.8) is 0 Å². The van der Waals surface area contributed by atoms with E-state index in [2.05, 4.69) is 10.3 Å². The van der Waals surface area contributed by atoms with Crippen LogP contribution in [-0.4, -0.2) is 23.2 Å². The summed E-state index contributed by atoms with van der Waals surface area (Å²) in [7, 11) is 0. The lowest BCUT2D eigenvalue weighted by molar-refractivity contribution is 0.175. The van der Waals surface area contributed by atoms with Gasteiger partial charge in [0.1, 0.15) is 0 Å². The molecule has 0 aliphatic rings. The number of aliphatic hydroxyl groups is 1. The highest BCUT2D eigenvalue weighted by molar-refractivity contribution is 5.17. The normalized spacial score (nSPS) is 12.3. The molecule has 94 valence electrons. The second-order valence-corrected chi connectivity index (χ2v) is 4.24. The Hall–Kier alpha value is -1.71. The van der Waals surface area contributed by atoms with Gasteiger partial charge in [-0.3, -0.25) is 4.98 Å². The molecular weight excluding hydrogens is 224 g/mol. The van der Waals surface area contributed by atoms with Crippen LogP contribution in [0.5, 0.6) is 0 Å². The van der Waals surface area contributed by atoms with Gasteiger partial charge in [0.15, 0.2) is 0 Å². The van der Waals surface area contributed by atoms with Gasteiger partial charge in [0.2, 0.25) is 0 Å². The van der Waals surface area contributed by atoms with Crippen LogP contribution in [0.25, 0.3) is 0 Å². The molecule has 2 N–H and O–H groups in total. The summed E-state index contributed by atoms with van der Waals surface area (Å²) in [4.78, 5) is 3.98. The SMILES string of the molecule is O[C@H](CNCCc1ccncc1)c1ccccc1. The third-order valence-electron chi connectivity index (χ3n) is 2.86. The lowest BCUT2D eigenvalue weighted by Gasteiger charge is -2.12. The van der Waals surface area contributed by atoms with Gasteiger partial charge in [-0.05, 0) is 36.2 Å². The topological polar surface area (TPSA) is 45.1 Å². The molecule has 0 radical (unpaired) electrons. The third kappa shape index (κ3) is 3.95. The zero-order chi connectivity index (χ0) is 12.6. The van der Waals surface area contributed by atoms with E-state index in [-0.39, 0.29) is 0 Å². The monoisotopic (exact) mass is 242 g/mol. The molecule has 3 heteroatoms. The standard InChI is InChI=1S/C15H18N2O/c18-15(14-4-2-1-3-5-14)12-17-11-8-13-6-9-16-10-7-13/h1-7,9-10,15,17-18H,8,11-12H2/t15-/m1/s1. The van der Waals surface area contributed by atoms with E-state index in [1.54, 1.807) is 12.4 Å². The molecule has 2 aromatic rings. The minimum atomic E-state index is -0.441. The van der Waals surface area contributed by atoms with Crippen molar-refractivity contribution in [2.24, 2.45) is 0 Å². The third-order valence-corrected chi connectivity index (χ3v) is 2.86. The van der Waals surface area contributed by atoms with Crippen LogP contribution in [0.1, 0.15) is 17.2 Å². The van der Waals surface area contributed by atoms with Crippen molar-refractivity contribution in [1.29, 1.82) is 0 Å². The molecule has 3 nitrogen and oxygen atoms in total. The van der Waals surface area contributed by atoms with Crippen molar-refractivity contribution in [3.8, 4) is 0 Å².